The van der Waals surface area contributed by atoms with Gasteiger partial charge in [-0.3, -0.25) is 4.79 Å². The van der Waals surface area contributed by atoms with Gasteiger partial charge in [0.25, 0.3) is 5.91 Å². The summed E-state index contributed by atoms with van der Waals surface area (Å²) in [4.78, 5) is 12.2. The number of rotatable bonds is 5. The number of carbonyl (C=O) groups is 1. The van der Waals surface area contributed by atoms with E-state index in [-0.39, 0.29) is 24.0 Å². The molecule has 1 aliphatic rings. The fourth-order valence-corrected chi connectivity index (χ4v) is 3.03. The second kappa shape index (κ2) is 7.76. The second-order valence-electron chi connectivity index (χ2n) is 6.25. The molecule has 0 spiro atoms. The van der Waals surface area contributed by atoms with Crippen molar-refractivity contribution in [2.24, 2.45) is 0 Å². The lowest BCUT2D eigenvalue weighted by Gasteiger charge is -2.20. The topological polar surface area (TPSA) is 69.0 Å². The number of nitrogens with zero attached hydrogens (tertiary/aromatic N) is 3. The van der Waals surface area contributed by atoms with E-state index in [1.54, 1.807) is 16.9 Å². The van der Waals surface area contributed by atoms with Crippen molar-refractivity contribution in [2.75, 3.05) is 0 Å². The Labute approximate surface area is 148 Å². The van der Waals surface area contributed by atoms with Gasteiger partial charge in [-0.05, 0) is 30.5 Å². The van der Waals surface area contributed by atoms with Gasteiger partial charge in [-0.25, -0.2) is 4.68 Å². The van der Waals surface area contributed by atoms with Crippen molar-refractivity contribution < 1.29 is 22.7 Å². The summed E-state index contributed by atoms with van der Waals surface area (Å²) in [6.07, 6.45) is 2.42. The van der Waals surface area contributed by atoms with Gasteiger partial charge in [0, 0.05) is 6.54 Å². The maximum atomic E-state index is 12.3. The zero-order valence-electron chi connectivity index (χ0n) is 14.0. The lowest BCUT2D eigenvalue weighted by atomic mass is 9.96. The molecule has 1 N–H and O–H groups in total. The summed E-state index contributed by atoms with van der Waals surface area (Å²) in [5.74, 6) is -0.748. The largest absolute Gasteiger partial charge is 0.573 e. The molecular weight excluding hydrogens is 349 g/mol. The third kappa shape index (κ3) is 4.96. The molecule has 26 heavy (non-hydrogen) atoms. The molecule has 0 radical (unpaired) electrons. The van der Waals surface area contributed by atoms with Crippen molar-refractivity contribution >= 4 is 5.91 Å². The van der Waals surface area contributed by atoms with E-state index in [2.05, 4.69) is 20.4 Å². The first-order valence-corrected chi connectivity index (χ1v) is 8.45. The molecule has 2 aromatic rings. The van der Waals surface area contributed by atoms with Crippen LogP contribution >= 0.6 is 0 Å². The van der Waals surface area contributed by atoms with Crippen LogP contribution in [-0.2, 0) is 6.54 Å². The van der Waals surface area contributed by atoms with Crippen molar-refractivity contribution in [3.05, 3.63) is 41.7 Å². The number of aromatic nitrogens is 3. The molecular formula is C17H19F3N4O2. The zero-order valence-corrected chi connectivity index (χ0v) is 14.0. The second-order valence-corrected chi connectivity index (χ2v) is 6.25. The Morgan fingerprint density at radius 2 is 2.04 bits per heavy atom. The number of hydrogen-bond donors (Lipinski definition) is 1. The molecule has 0 saturated heterocycles. The van der Waals surface area contributed by atoms with Crippen molar-refractivity contribution in [1.82, 2.24) is 20.3 Å². The van der Waals surface area contributed by atoms with E-state index in [1.807, 2.05) is 0 Å². The molecule has 0 atom stereocenters. The number of hydrogen-bond acceptors (Lipinski definition) is 4. The first-order chi connectivity index (χ1) is 12.4. The van der Waals surface area contributed by atoms with E-state index in [1.165, 1.54) is 24.6 Å². The van der Waals surface area contributed by atoms with E-state index < -0.39 is 12.3 Å². The fraction of sp³-hybridized carbons (Fsp3) is 0.471. The lowest BCUT2D eigenvalue weighted by Crippen LogP contribution is -2.23. The highest BCUT2D eigenvalue weighted by Gasteiger charge is 2.31. The van der Waals surface area contributed by atoms with E-state index in [4.69, 9.17) is 0 Å². The average molecular weight is 368 g/mol. The minimum Gasteiger partial charge on any atom is -0.406 e. The van der Waals surface area contributed by atoms with E-state index in [9.17, 15) is 18.0 Å². The van der Waals surface area contributed by atoms with Gasteiger partial charge >= 0.3 is 6.36 Å². The monoisotopic (exact) mass is 368 g/mol. The maximum Gasteiger partial charge on any atom is 0.573 e. The SMILES string of the molecule is O=C(NCc1cccc(OC(F)(F)F)c1)c1cn(C2CCCCC2)nn1. The summed E-state index contributed by atoms with van der Waals surface area (Å²) in [6.45, 7) is 0.0597. The average Bonchev–Trinajstić information content (AvgIpc) is 3.09. The normalized spacial score (nSPS) is 15.7. The molecule has 6 nitrogen and oxygen atoms in total. The minimum absolute atomic E-state index is 0.0597. The highest BCUT2D eigenvalue weighted by molar-refractivity contribution is 5.91. The molecule has 140 valence electrons. The van der Waals surface area contributed by atoms with Crippen LogP contribution in [0.25, 0.3) is 0 Å². The van der Waals surface area contributed by atoms with E-state index >= 15 is 0 Å². The first-order valence-electron chi connectivity index (χ1n) is 8.45. The Morgan fingerprint density at radius 3 is 2.77 bits per heavy atom. The van der Waals surface area contributed by atoms with Gasteiger partial charge < -0.3 is 10.1 Å². The van der Waals surface area contributed by atoms with Gasteiger partial charge in [0.15, 0.2) is 5.69 Å². The number of carbonyl (C=O) groups excluding carboxylic acids is 1. The van der Waals surface area contributed by atoms with Crippen molar-refractivity contribution in [2.45, 2.75) is 51.1 Å². The Hall–Kier alpha value is -2.58. The highest BCUT2D eigenvalue weighted by Crippen LogP contribution is 2.27. The molecule has 1 aromatic carbocycles. The van der Waals surface area contributed by atoms with Crippen molar-refractivity contribution in [3.8, 4) is 5.75 Å². The molecule has 1 amide bonds. The summed E-state index contributed by atoms with van der Waals surface area (Å²) >= 11 is 0. The van der Waals surface area contributed by atoms with Gasteiger partial charge in [0.05, 0.1) is 12.2 Å². The van der Waals surface area contributed by atoms with Crippen LogP contribution in [-0.4, -0.2) is 27.3 Å². The predicted octanol–water partition coefficient (Wildman–Crippen LogP) is 3.61. The molecule has 0 unspecified atom stereocenters. The fourth-order valence-electron chi connectivity index (χ4n) is 3.03. The molecule has 1 aromatic heterocycles. The Morgan fingerprint density at radius 1 is 1.27 bits per heavy atom. The number of halogens is 3. The Bertz CT molecular complexity index is 754. The van der Waals surface area contributed by atoms with Gasteiger partial charge in [-0.2, -0.15) is 0 Å². The summed E-state index contributed by atoms with van der Waals surface area (Å²) in [5.41, 5.74) is 0.679. The summed E-state index contributed by atoms with van der Waals surface area (Å²) in [5, 5.41) is 10.6. The van der Waals surface area contributed by atoms with Crippen LogP contribution in [0.4, 0.5) is 13.2 Å². The van der Waals surface area contributed by atoms with Crippen molar-refractivity contribution in [1.29, 1.82) is 0 Å². The van der Waals surface area contributed by atoms with Crippen LogP contribution in [0.15, 0.2) is 30.5 Å². The third-order valence-electron chi connectivity index (χ3n) is 4.28. The van der Waals surface area contributed by atoms with Crippen LogP contribution < -0.4 is 10.1 Å². The van der Waals surface area contributed by atoms with Crippen LogP contribution in [0.3, 0.4) is 0 Å². The molecule has 1 fully saturated rings. The number of nitrogens with one attached hydrogen (secondary N) is 1. The van der Waals surface area contributed by atoms with Crippen LogP contribution in [0, 0.1) is 0 Å². The Balaban J connectivity index is 1.57. The molecule has 1 aliphatic carbocycles. The van der Waals surface area contributed by atoms with Crippen LogP contribution in [0.1, 0.15) is 54.2 Å². The molecule has 1 saturated carbocycles. The molecule has 3 rings (SSSR count). The van der Waals surface area contributed by atoms with Crippen LogP contribution in [0.5, 0.6) is 5.75 Å². The maximum absolute atomic E-state index is 12.3. The quantitative estimate of drug-likeness (QED) is 0.875. The summed E-state index contributed by atoms with van der Waals surface area (Å²) in [6, 6.07) is 5.74. The van der Waals surface area contributed by atoms with Crippen LogP contribution in [0.2, 0.25) is 0 Å². The first kappa shape index (κ1) is 18.2. The van der Waals surface area contributed by atoms with E-state index in [0.717, 1.165) is 25.7 Å². The third-order valence-corrected chi connectivity index (χ3v) is 4.28. The smallest absolute Gasteiger partial charge is 0.406 e. The lowest BCUT2D eigenvalue weighted by molar-refractivity contribution is -0.274. The molecule has 9 heteroatoms. The molecule has 1 heterocycles. The highest BCUT2D eigenvalue weighted by atomic mass is 19.4. The zero-order chi connectivity index (χ0) is 18.6. The molecule has 0 aliphatic heterocycles. The van der Waals surface area contributed by atoms with Gasteiger partial charge in [-0.15, -0.1) is 18.3 Å². The number of alkyl halides is 3. The molecule has 0 bridgehead atoms. The van der Waals surface area contributed by atoms with Gasteiger partial charge in [0.1, 0.15) is 5.75 Å². The number of benzene rings is 1. The number of amides is 1. The van der Waals surface area contributed by atoms with Gasteiger partial charge in [0.2, 0.25) is 0 Å². The van der Waals surface area contributed by atoms with E-state index in [0.29, 0.717) is 5.56 Å². The predicted molar refractivity (Wildman–Crippen MR) is 86.4 cm³/mol. The standard InChI is InChI=1S/C17H19F3N4O2/c18-17(19,20)26-14-8-4-5-12(9-14)10-21-16(25)15-11-24(23-22-15)13-6-2-1-3-7-13/h4-5,8-9,11,13H,1-3,6-7,10H2,(H,21,25). The minimum atomic E-state index is -4.75. The van der Waals surface area contributed by atoms with Gasteiger partial charge in [-0.1, -0.05) is 36.6 Å². The summed E-state index contributed by atoms with van der Waals surface area (Å²) < 4.78 is 42.4. The van der Waals surface area contributed by atoms with Crippen molar-refractivity contribution in [3.63, 3.8) is 0 Å². The summed E-state index contributed by atoms with van der Waals surface area (Å²) in [7, 11) is 0. The Kier molecular flexibility index (Phi) is 5.43. The number of ether oxygens (including phenoxy) is 1.